The maximum atomic E-state index is 10.3. The quantitative estimate of drug-likeness (QED) is 0.535. The van der Waals surface area contributed by atoms with Crippen LogP contribution in [0.2, 0.25) is 0 Å². The molecule has 0 amide bonds. The summed E-state index contributed by atoms with van der Waals surface area (Å²) in [6.07, 6.45) is 3.37. The van der Waals surface area contributed by atoms with Gasteiger partial charge in [0.05, 0.1) is 5.52 Å². The van der Waals surface area contributed by atoms with Crippen molar-refractivity contribution in [3.63, 3.8) is 0 Å². The largest absolute Gasteiger partial charge is 0.492 e. The smallest absolute Gasteiger partial charge is 0.232 e. The Balaban J connectivity index is 1.94. The molecule has 0 aliphatic heterocycles. The van der Waals surface area contributed by atoms with Crippen LogP contribution in [0, 0.1) is 0 Å². The van der Waals surface area contributed by atoms with Crippen LogP contribution in [0.15, 0.2) is 58.6 Å². The van der Waals surface area contributed by atoms with Gasteiger partial charge < -0.3 is 5.11 Å². The van der Waals surface area contributed by atoms with Crippen LogP contribution in [-0.2, 0) is 0 Å². The molecular weight excluding hydrogens is 374 g/mol. The molecule has 4 aromatic rings. The first-order valence-corrected chi connectivity index (χ1v) is 8.54. The van der Waals surface area contributed by atoms with Crippen LogP contribution in [0.25, 0.3) is 32.7 Å². The van der Waals surface area contributed by atoms with E-state index in [1.807, 2.05) is 41.8 Å². The minimum atomic E-state index is 0.00942. The van der Waals surface area contributed by atoms with E-state index in [4.69, 9.17) is 0 Å². The minimum absolute atomic E-state index is 0.00942. The summed E-state index contributed by atoms with van der Waals surface area (Å²) in [5.74, 6) is 0.504. The molecule has 4 rings (SSSR count). The lowest BCUT2D eigenvalue weighted by molar-refractivity contribution is 0.461. The molecule has 112 valence electrons. The standard InChI is InChI=1S/C17H10BrN3OS/c18-12-3-1-10(2-4-12)13-9-23-15-14(13)20-16(21-17(15)22)11-5-7-19-8-6-11/h1-9H,(H,20,21,22). The van der Waals surface area contributed by atoms with Crippen LogP contribution < -0.4 is 0 Å². The van der Waals surface area contributed by atoms with Crippen LogP contribution in [0.1, 0.15) is 0 Å². The number of rotatable bonds is 2. The van der Waals surface area contributed by atoms with Gasteiger partial charge in [0.2, 0.25) is 5.88 Å². The number of thiophene rings is 1. The third kappa shape index (κ3) is 2.60. The van der Waals surface area contributed by atoms with Crippen molar-refractivity contribution >= 4 is 37.5 Å². The molecule has 0 bridgehead atoms. The van der Waals surface area contributed by atoms with Gasteiger partial charge in [-0.1, -0.05) is 28.1 Å². The van der Waals surface area contributed by atoms with Crippen LogP contribution >= 0.6 is 27.3 Å². The molecule has 0 radical (unpaired) electrons. The van der Waals surface area contributed by atoms with E-state index in [9.17, 15) is 5.11 Å². The van der Waals surface area contributed by atoms with Gasteiger partial charge in [-0.25, -0.2) is 4.98 Å². The van der Waals surface area contributed by atoms with Crippen LogP contribution in [-0.4, -0.2) is 20.1 Å². The first-order valence-electron chi connectivity index (χ1n) is 6.87. The maximum Gasteiger partial charge on any atom is 0.232 e. The van der Waals surface area contributed by atoms with Gasteiger partial charge in [-0.05, 0) is 29.8 Å². The van der Waals surface area contributed by atoms with Gasteiger partial charge in [-0.2, -0.15) is 4.98 Å². The Morgan fingerprint density at radius 3 is 2.39 bits per heavy atom. The molecule has 1 N–H and O–H groups in total. The molecule has 0 atom stereocenters. The highest BCUT2D eigenvalue weighted by molar-refractivity contribution is 9.10. The number of benzene rings is 1. The Labute approximate surface area is 144 Å². The molecule has 0 aliphatic carbocycles. The molecule has 0 saturated carbocycles. The number of fused-ring (bicyclic) bond motifs is 1. The van der Waals surface area contributed by atoms with E-state index in [0.29, 0.717) is 10.5 Å². The van der Waals surface area contributed by atoms with Gasteiger partial charge in [0, 0.05) is 33.4 Å². The molecule has 6 heteroatoms. The van der Waals surface area contributed by atoms with E-state index in [1.165, 1.54) is 11.3 Å². The van der Waals surface area contributed by atoms with Gasteiger partial charge in [0.1, 0.15) is 4.70 Å². The molecule has 1 aromatic carbocycles. The monoisotopic (exact) mass is 383 g/mol. The molecule has 0 fully saturated rings. The zero-order valence-corrected chi connectivity index (χ0v) is 14.2. The van der Waals surface area contributed by atoms with Gasteiger partial charge >= 0.3 is 0 Å². The first-order chi connectivity index (χ1) is 11.2. The predicted octanol–water partition coefficient (Wildman–Crippen LogP) is 4.89. The average Bonchev–Trinajstić information content (AvgIpc) is 3.01. The molecule has 0 aliphatic rings. The van der Waals surface area contributed by atoms with Crippen LogP contribution in [0.3, 0.4) is 0 Å². The third-order valence-electron chi connectivity index (χ3n) is 3.49. The number of hydrogen-bond acceptors (Lipinski definition) is 5. The SMILES string of the molecule is Oc1nc(-c2ccncc2)nc2c(-c3ccc(Br)cc3)csc12. The lowest BCUT2D eigenvalue weighted by Crippen LogP contribution is -1.90. The van der Waals surface area contributed by atoms with E-state index < -0.39 is 0 Å². The summed E-state index contributed by atoms with van der Waals surface area (Å²) >= 11 is 4.89. The lowest BCUT2D eigenvalue weighted by atomic mass is 10.1. The highest BCUT2D eigenvalue weighted by atomic mass is 79.9. The van der Waals surface area contributed by atoms with Crippen molar-refractivity contribution < 1.29 is 5.11 Å². The van der Waals surface area contributed by atoms with Crippen molar-refractivity contribution in [3.8, 4) is 28.4 Å². The van der Waals surface area contributed by atoms with Crippen molar-refractivity contribution in [3.05, 3.63) is 58.6 Å². The average molecular weight is 384 g/mol. The fourth-order valence-electron chi connectivity index (χ4n) is 2.37. The van der Waals surface area contributed by atoms with E-state index >= 15 is 0 Å². The van der Waals surface area contributed by atoms with E-state index in [0.717, 1.165) is 26.7 Å². The Kier molecular flexibility index (Phi) is 3.55. The highest BCUT2D eigenvalue weighted by Gasteiger charge is 2.15. The fraction of sp³-hybridized carbons (Fsp3) is 0. The zero-order valence-electron chi connectivity index (χ0n) is 11.8. The Hall–Kier alpha value is -2.31. The van der Waals surface area contributed by atoms with Gasteiger partial charge in [-0.15, -0.1) is 11.3 Å². The second-order valence-electron chi connectivity index (χ2n) is 4.94. The highest BCUT2D eigenvalue weighted by Crippen LogP contribution is 2.38. The molecule has 0 unspecified atom stereocenters. The molecule has 23 heavy (non-hydrogen) atoms. The summed E-state index contributed by atoms with van der Waals surface area (Å²) in [7, 11) is 0. The van der Waals surface area contributed by atoms with Gasteiger partial charge in [-0.3, -0.25) is 4.98 Å². The second kappa shape index (κ2) is 5.72. The summed E-state index contributed by atoms with van der Waals surface area (Å²) in [5, 5.41) is 12.3. The topological polar surface area (TPSA) is 58.9 Å². The summed E-state index contributed by atoms with van der Waals surface area (Å²) in [6, 6.07) is 11.7. The van der Waals surface area contributed by atoms with Crippen molar-refractivity contribution in [1.29, 1.82) is 0 Å². The van der Waals surface area contributed by atoms with E-state index in [1.54, 1.807) is 12.4 Å². The maximum absolute atomic E-state index is 10.3. The van der Waals surface area contributed by atoms with Crippen molar-refractivity contribution in [2.24, 2.45) is 0 Å². The molecule has 3 aromatic heterocycles. The summed E-state index contributed by atoms with van der Waals surface area (Å²) < 4.78 is 1.72. The first kappa shape index (κ1) is 14.3. The third-order valence-corrected chi connectivity index (χ3v) is 4.99. The van der Waals surface area contributed by atoms with Gasteiger partial charge in [0.15, 0.2) is 5.82 Å². The van der Waals surface area contributed by atoms with E-state index in [-0.39, 0.29) is 5.88 Å². The lowest BCUT2D eigenvalue weighted by Gasteiger charge is -2.04. The number of nitrogens with zero attached hydrogens (tertiary/aromatic N) is 3. The summed E-state index contributed by atoms with van der Waals surface area (Å²) in [4.78, 5) is 12.9. The van der Waals surface area contributed by atoms with Crippen molar-refractivity contribution in [2.45, 2.75) is 0 Å². The summed E-state index contributed by atoms with van der Waals surface area (Å²) in [6.45, 7) is 0. The normalized spacial score (nSPS) is 11.0. The van der Waals surface area contributed by atoms with Crippen molar-refractivity contribution in [2.75, 3.05) is 0 Å². The Morgan fingerprint density at radius 1 is 0.913 bits per heavy atom. The minimum Gasteiger partial charge on any atom is -0.492 e. The Bertz CT molecular complexity index is 984. The van der Waals surface area contributed by atoms with Crippen LogP contribution in [0.5, 0.6) is 5.88 Å². The number of halogens is 1. The van der Waals surface area contributed by atoms with Crippen molar-refractivity contribution in [1.82, 2.24) is 15.0 Å². The van der Waals surface area contributed by atoms with Gasteiger partial charge in [0.25, 0.3) is 0 Å². The molecule has 4 nitrogen and oxygen atoms in total. The fourth-order valence-corrected chi connectivity index (χ4v) is 3.53. The zero-order chi connectivity index (χ0) is 15.8. The Morgan fingerprint density at radius 2 is 1.65 bits per heavy atom. The molecular formula is C17H10BrN3OS. The molecule has 0 saturated heterocycles. The van der Waals surface area contributed by atoms with Crippen LogP contribution in [0.4, 0.5) is 0 Å². The second-order valence-corrected chi connectivity index (χ2v) is 6.74. The number of aromatic hydroxyl groups is 1. The van der Waals surface area contributed by atoms with E-state index in [2.05, 4.69) is 30.9 Å². The summed E-state index contributed by atoms with van der Waals surface area (Å²) in [5.41, 5.74) is 3.63. The number of hydrogen-bond donors (Lipinski definition) is 1. The number of aromatic nitrogens is 3. The molecule has 3 heterocycles. The number of pyridine rings is 1. The molecule has 0 spiro atoms. The predicted molar refractivity (Wildman–Crippen MR) is 95.4 cm³/mol.